The van der Waals surface area contributed by atoms with Crippen LogP contribution in [0.2, 0.25) is 0 Å². The third-order valence-corrected chi connectivity index (χ3v) is 4.66. The maximum Gasteiger partial charge on any atom is 0.315 e. The summed E-state index contributed by atoms with van der Waals surface area (Å²) >= 11 is 0. The first kappa shape index (κ1) is 14.4. The lowest BCUT2D eigenvalue weighted by atomic mass is 10.1. The molecule has 1 fully saturated rings. The smallest absolute Gasteiger partial charge is 0.315 e. The number of carbonyl (C=O) groups is 1. The first-order valence-corrected chi connectivity index (χ1v) is 7.65. The van der Waals surface area contributed by atoms with E-state index in [1.54, 1.807) is 0 Å². The first-order valence-electron chi connectivity index (χ1n) is 7.65. The molecule has 2 aliphatic rings. The number of amides is 2. The Bertz CT molecular complexity index is 520. The van der Waals surface area contributed by atoms with Crippen LogP contribution < -0.4 is 10.6 Å². The van der Waals surface area contributed by atoms with Gasteiger partial charge in [0.25, 0.3) is 0 Å². The number of fused-ring (bicyclic) bond motifs is 1. The lowest BCUT2D eigenvalue weighted by Gasteiger charge is -2.22. The minimum Gasteiger partial charge on any atom is -0.390 e. The van der Waals surface area contributed by atoms with E-state index in [2.05, 4.69) is 22.6 Å². The molecule has 1 aliphatic carbocycles. The molecule has 1 aromatic carbocycles. The minimum absolute atomic E-state index is 0.198. The van der Waals surface area contributed by atoms with Crippen LogP contribution in [0, 0.1) is 0 Å². The fourth-order valence-corrected chi connectivity index (χ4v) is 3.39. The van der Waals surface area contributed by atoms with E-state index in [4.69, 9.17) is 0 Å². The number of carbonyl (C=O) groups excluding carboxylic acids is 1. The molecular formula is C16H23N3O2. The zero-order valence-electron chi connectivity index (χ0n) is 12.4. The molecule has 3 N–H and O–H groups in total. The number of hydrogen-bond donors (Lipinski definition) is 3. The summed E-state index contributed by atoms with van der Waals surface area (Å²) in [5.74, 6) is 0. The van der Waals surface area contributed by atoms with Crippen LogP contribution in [0.25, 0.3) is 0 Å². The fraction of sp³-hybridized carbons (Fsp3) is 0.562. The van der Waals surface area contributed by atoms with Gasteiger partial charge in [-0.1, -0.05) is 24.3 Å². The van der Waals surface area contributed by atoms with Crippen LogP contribution >= 0.6 is 0 Å². The number of benzene rings is 1. The number of aliphatic hydroxyl groups is 1. The van der Waals surface area contributed by atoms with Crippen molar-refractivity contribution in [2.45, 2.75) is 37.5 Å². The Kier molecular flexibility index (Phi) is 4.12. The number of rotatable bonds is 3. The maximum absolute atomic E-state index is 12.1. The summed E-state index contributed by atoms with van der Waals surface area (Å²) in [6.45, 7) is 1.76. The van der Waals surface area contributed by atoms with Crippen molar-refractivity contribution < 1.29 is 9.90 Å². The van der Waals surface area contributed by atoms with E-state index >= 15 is 0 Å². The van der Waals surface area contributed by atoms with Gasteiger partial charge >= 0.3 is 6.03 Å². The summed E-state index contributed by atoms with van der Waals surface area (Å²) in [7, 11) is 2.09. The van der Waals surface area contributed by atoms with Gasteiger partial charge in [-0.05, 0) is 37.6 Å². The maximum atomic E-state index is 12.1. The van der Waals surface area contributed by atoms with Crippen LogP contribution in [0.1, 0.15) is 30.0 Å². The Morgan fingerprint density at radius 3 is 3.00 bits per heavy atom. The Labute approximate surface area is 125 Å². The topological polar surface area (TPSA) is 64.6 Å². The Morgan fingerprint density at radius 2 is 2.24 bits per heavy atom. The molecule has 0 saturated carbocycles. The monoisotopic (exact) mass is 289 g/mol. The third kappa shape index (κ3) is 3.04. The van der Waals surface area contributed by atoms with Crippen LogP contribution in [0.5, 0.6) is 0 Å². The Morgan fingerprint density at radius 1 is 1.43 bits per heavy atom. The SMILES string of the molecule is CN1CCCC1CNC(=O)N[C@H]1c2ccccc2C[C@H]1O. The summed E-state index contributed by atoms with van der Waals surface area (Å²) in [6.07, 6.45) is 2.39. The molecule has 0 aromatic heterocycles. The summed E-state index contributed by atoms with van der Waals surface area (Å²) in [4.78, 5) is 14.3. The Hall–Kier alpha value is -1.59. The highest BCUT2D eigenvalue weighted by atomic mass is 16.3. The van der Waals surface area contributed by atoms with Gasteiger partial charge in [0, 0.05) is 19.0 Å². The first-order chi connectivity index (χ1) is 10.1. The molecule has 0 bridgehead atoms. The van der Waals surface area contributed by atoms with Gasteiger partial charge < -0.3 is 20.6 Å². The molecule has 21 heavy (non-hydrogen) atoms. The molecular weight excluding hydrogens is 266 g/mol. The average Bonchev–Trinajstić information content (AvgIpc) is 3.01. The van der Waals surface area contributed by atoms with Crippen molar-refractivity contribution >= 4 is 6.03 Å². The Balaban J connectivity index is 1.55. The minimum atomic E-state index is -0.540. The van der Waals surface area contributed by atoms with Crippen LogP contribution in [-0.2, 0) is 6.42 Å². The number of nitrogens with one attached hydrogen (secondary N) is 2. The van der Waals surface area contributed by atoms with E-state index in [0.717, 1.165) is 24.1 Å². The summed E-state index contributed by atoms with van der Waals surface area (Å²) in [5, 5.41) is 16.0. The standard InChI is InChI=1S/C16H23N3O2/c1-19-8-4-6-12(19)10-17-16(21)18-15-13-7-3-2-5-11(13)9-14(15)20/h2-3,5,7,12,14-15,20H,4,6,8-10H2,1H3,(H2,17,18,21)/t12?,14-,15+/m1/s1. The van der Waals surface area contributed by atoms with Crippen molar-refractivity contribution in [2.24, 2.45) is 0 Å². The molecule has 1 heterocycles. The van der Waals surface area contributed by atoms with E-state index in [0.29, 0.717) is 19.0 Å². The molecule has 0 radical (unpaired) electrons. The molecule has 3 atom stereocenters. The van der Waals surface area contributed by atoms with Gasteiger partial charge in [-0.2, -0.15) is 0 Å². The lowest BCUT2D eigenvalue weighted by Crippen LogP contribution is -2.45. The number of aliphatic hydroxyl groups excluding tert-OH is 1. The predicted molar refractivity (Wildman–Crippen MR) is 81.1 cm³/mol. The molecule has 5 heteroatoms. The second-order valence-electron chi connectivity index (χ2n) is 6.08. The molecule has 1 aliphatic heterocycles. The van der Waals surface area contributed by atoms with Crippen molar-refractivity contribution in [1.82, 2.24) is 15.5 Å². The molecule has 2 amide bonds. The predicted octanol–water partition coefficient (Wildman–Crippen LogP) is 1.04. The van der Waals surface area contributed by atoms with Crippen LogP contribution in [0.15, 0.2) is 24.3 Å². The van der Waals surface area contributed by atoms with Crippen molar-refractivity contribution in [3.63, 3.8) is 0 Å². The van der Waals surface area contributed by atoms with Gasteiger partial charge in [0.2, 0.25) is 0 Å². The van der Waals surface area contributed by atoms with E-state index in [1.165, 1.54) is 6.42 Å². The van der Waals surface area contributed by atoms with Crippen molar-refractivity contribution in [1.29, 1.82) is 0 Å². The molecule has 1 unspecified atom stereocenters. The summed E-state index contributed by atoms with van der Waals surface area (Å²) < 4.78 is 0. The van der Waals surface area contributed by atoms with Crippen molar-refractivity contribution in [3.05, 3.63) is 35.4 Å². The van der Waals surface area contributed by atoms with E-state index < -0.39 is 6.10 Å². The molecule has 0 spiro atoms. The molecule has 1 aromatic rings. The molecule has 3 rings (SSSR count). The van der Waals surface area contributed by atoms with Gasteiger partial charge in [-0.25, -0.2) is 4.79 Å². The highest BCUT2D eigenvalue weighted by molar-refractivity contribution is 5.74. The van der Waals surface area contributed by atoms with Gasteiger partial charge in [-0.3, -0.25) is 0 Å². The summed E-state index contributed by atoms with van der Waals surface area (Å²) in [6, 6.07) is 7.81. The normalized spacial score (nSPS) is 28.4. The molecule has 114 valence electrons. The zero-order valence-corrected chi connectivity index (χ0v) is 12.4. The highest BCUT2D eigenvalue weighted by Crippen LogP contribution is 2.31. The quantitative estimate of drug-likeness (QED) is 0.779. The van der Waals surface area contributed by atoms with Crippen molar-refractivity contribution in [3.8, 4) is 0 Å². The fourth-order valence-electron chi connectivity index (χ4n) is 3.39. The van der Waals surface area contributed by atoms with Gasteiger partial charge in [0.1, 0.15) is 0 Å². The van der Waals surface area contributed by atoms with Gasteiger partial charge in [0.05, 0.1) is 12.1 Å². The number of likely N-dealkylation sites (N-methyl/N-ethyl adjacent to an activating group) is 1. The van der Waals surface area contributed by atoms with Crippen LogP contribution in [-0.4, -0.2) is 48.3 Å². The van der Waals surface area contributed by atoms with Crippen molar-refractivity contribution in [2.75, 3.05) is 20.1 Å². The van der Waals surface area contributed by atoms with Crippen LogP contribution in [0.4, 0.5) is 4.79 Å². The summed E-state index contributed by atoms with van der Waals surface area (Å²) in [5.41, 5.74) is 2.14. The van der Waals surface area contributed by atoms with Gasteiger partial charge in [-0.15, -0.1) is 0 Å². The second kappa shape index (κ2) is 6.03. The largest absolute Gasteiger partial charge is 0.390 e. The number of hydrogen-bond acceptors (Lipinski definition) is 3. The van der Waals surface area contributed by atoms with E-state index in [1.807, 2.05) is 24.3 Å². The average molecular weight is 289 g/mol. The van der Waals surface area contributed by atoms with Gasteiger partial charge in [0.15, 0.2) is 0 Å². The third-order valence-electron chi connectivity index (χ3n) is 4.66. The zero-order chi connectivity index (χ0) is 14.8. The molecule has 5 nitrogen and oxygen atoms in total. The lowest BCUT2D eigenvalue weighted by molar-refractivity contribution is 0.142. The number of nitrogens with zero attached hydrogens (tertiary/aromatic N) is 1. The van der Waals surface area contributed by atoms with E-state index in [9.17, 15) is 9.90 Å². The number of urea groups is 1. The van der Waals surface area contributed by atoms with E-state index in [-0.39, 0.29) is 12.1 Å². The number of likely N-dealkylation sites (tertiary alicyclic amines) is 1. The highest BCUT2D eigenvalue weighted by Gasteiger charge is 2.32. The second-order valence-corrected chi connectivity index (χ2v) is 6.08. The van der Waals surface area contributed by atoms with Crippen LogP contribution in [0.3, 0.4) is 0 Å². The molecule has 1 saturated heterocycles.